The van der Waals surface area contributed by atoms with Gasteiger partial charge >= 0.3 is 0 Å². The Morgan fingerprint density at radius 1 is 0.667 bits per heavy atom. The molecule has 0 atom stereocenters. The van der Waals surface area contributed by atoms with E-state index in [-0.39, 0.29) is 0 Å². The molecule has 0 saturated carbocycles. The van der Waals surface area contributed by atoms with E-state index in [1.807, 2.05) is 0 Å². The molecule has 5 rings (SSSR count). The molecule has 33 heavy (non-hydrogen) atoms. The highest BCUT2D eigenvalue weighted by Gasteiger charge is 2.28. The van der Waals surface area contributed by atoms with Gasteiger partial charge in [0.1, 0.15) is 7.05 Å². The largest absolute Gasteiger partial charge is 0.378 e. The van der Waals surface area contributed by atoms with Crippen LogP contribution in [0.3, 0.4) is 0 Å². The van der Waals surface area contributed by atoms with Gasteiger partial charge < -0.3 is 9.80 Å². The topological polar surface area (TPSA) is 9.49 Å². The van der Waals surface area contributed by atoms with Crippen LogP contribution >= 0.6 is 0 Å². The molecule has 3 heteroatoms. The second kappa shape index (κ2) is 8.25. The van der Waals surface area contributed by atoms with E-state index in [0.717, 1.165) is 0 Å². The zero-order valence-electron chi connectivity index (χ0n) is 20.0. The lowest BCUT2D eigenvalue weighted by atomic mass is 9.94. The maximum Gasteiger partial charge on any atom is 0.214 e. The molecule has 0 amide bonds. The van der Waals surface area contributed by atoms with Gasteiger partial charge in [0.05, 0.1) is 10.9 Å². The highest BCUT2D eigenvalue weighted by Crippen LogP contribution is 2.36. The summed E-state index contributed by atoms with van der Waals surface area (Å²) in [6, 6.07) is 30.8. The van der Waals surface area contributed by atoms with Gasteiger partial charge in [-0.2, -0.15) is 4.58 Å². The summed E-state index contributed by atoms with van der Waals surface area (Å²) < 4.78 is 2.32. The molecule has 0 aliphatic carbocycles. The average molecular weight is 433 g/mol. The highest BCUT2D eigenvalue weighted by atomic mass is 15.1. The van der Waals surface area contributed by atoms with Gasteiger partial charge in [0.15, 0.2) is 0 Å². The van der Waals surface area contributed by atoms with Crippen molar-refractivity contribution in [1.29, 1.82) is 0 Å². The maximum atomic E-state index is 2.35. The van der Waals surface area contributed by atoms with Crippen LogP contribution in [0.4, 0.5) is 17.1 Å². The van der Waals surface area contributed by atoms with E-state index in [1.165, 1.54) is 55.8 Å². The molecular weight excluding hydrogens is 402 g/mol. The molecular formula is C30H30N3+. The smallest absolute Gasteiger partial charge is 0.214 e. The summed E-state index contributed by atoms with van der Waals surface area (Å²) in [5.41, 5.74) is 9.82. The lowest BCUT2D eigenvalue weighted by molar-refractivity contribution is -0.399. The third kappa shape index (κ3) is 3.70. The molecule has 3 nitrogen and oxygen atoms in total. The van der Waals surface area contributed by atoms with Crippen molar-refractivity contribution in [2.45, 2.75) is 0 Å². The van der Waals surface area contributed by atoms with E-state index in [1.54, 1.807) is 0 Å². The normalized spacial score (nSPS) is 12.3. The SMILES string of the molecule is CN(C)c1ccc(C(=CC2=[N+](C)c3cccc4cccc2c34)c2ccc(N(C)C)cc2)cc1. The fraction of sp³-hybridized carbons (Fsp3) is 0.167. The number of anilines is 2. The zero-order valence-corrected chi connectivity index (χ0v) is 20.0. The highest BCUT2D eigenvalue weighted by molar-refractivity contribution is 6.22. The van der Waals surface area contributed by atoms with Crippen LogP contribution in [0.25, 0.3) is 16.3 Å². The van der Waals surface area contributed by atoms with Gasteiger partial charge in [-0.1, -0.05) is 48.5 Å². The van der Waals surface area contributed by atoms with Crippen LogP contribution in [0.1, 0.15) is 16.7 Å². The quantitative estimate of drug-likeness (QED) is 0.348. The zero-order chi connectivity index (χ0) is 23.1. The Labute approximate surface area is 196 Å². The molecule has 0 spiro atoms. The van der Waals surface area contributed by atoms with Crippen molar-refractivity contribution >= 4 is 39.1 Å². The molecule has 164 valence electrons. The first-order chi connectivity index (χ1) is 15.9. The van der Waals surface area contributed by atoms with Gasteiger partial charge in [-0.15, -0.1) is 0 Å². The number of nitrogens with zero attached hydrogens (tertiary/aromatic N) is 3. The maximum absolute atomic E-state index is 2.35. The monoisotopic (exact) mass is 432 g/mol. The summed E-state index contributed by atoms with van der Waals surface area (Å²) in [7, 11) is 10.5. The Balaban J connectivity index is 1.69. The third-order valence-corrected chi connectivity index (χ3v) is 6.55. The van der Waals surface area contributed by atoms with Crippen molar-refractivity contribution in [2.24, 2.45) is 0 Å². The summed E-state index contributed by atoms with van der Waals surface area (Å²) in [5.74, 6) is 0. The molecule has 1 heterocycles. The van der Waals surface area contributed by atoms with E-state index in [9.17, 15) is 0 Å². The number of rotatable bonds is 5. The average Bonchev–Trinajstić information content (AvgIpc) is 3.10. The van der Waals surface area contributed by atoms with Crippen molar-refractivity contribution < 1.29 is 4.58 Å². The van der Waals surface area contributed by atoms with Crippen LogP contribution in [-0.2, 0) is 0 Å². The molecule has 0 unspecified atom stereocenters. The van der Waals surface area contributed by atoms with Gasteiger partial charge in [-0.05, 0) is 52.4 Å². The second-order valence-electron chi connectivity index (χ2n) is 9.07. The number of hydrogen-bond acceptors (Lipinski definition) is 2. The predicted molar refractivity (Wildman–Crippen MR) is 143 cm³/mol. The van der Waals surface area contributed by atoms with E-state index in [0.29, 0.717) is 0 Å². The summed E-state index contributed by atoms with van der Waals surface area (Å²) in [5, 5.41) is 2.62. The number of hydrogen-bond donors (Lipinski definition) is 0. The first-order valence-corrected chi connectivity index (χ1v) is 11.3. The number of allylic oxidation sites excluding steroid dienone is 1. The van der Waals surface area contributed by atoms with Gasteiger partial charge in [0, 0.05) is 51.7 Å². The third-order valence-electron chi connectivity index (χ3n) is 6.55. The van der Waals surface area contributed by atoms with Crippen LogP contribution in [0.15, 0.2) is 91.0 Å². The molecule has 0 bridgehead atoms. The van der Waals surface area contributed by atoms with Gasteiger partial charge in [-0.25, -0.2) is 0 Å². The molecule has 0 N–H and O–H groups in total. The summed E-state index contributed by atoms with van der Waals surface area (Å²) in [6.45, 7) is 0. The predicted octanol–water partition coefficient (Wildman–Crippen LogP) is 6.18. The molecule has 4 aromatic rings. The Hall–Kier alpha value is -3.85. The fourth-order valence-electron chi connectivity index (χ4n) is 4.65. The van der Waals surface area contributed by atoms with Crippen LogP contribution in [0.2, 0.25) is 0 Å². The Morgan fingerprint density at radius 2 is 1.18 bits per heavy atom. The van der Waals surface area contributed by atoms with E-state index >= 15 is 0 Å². The minimum absolute atomic E-state index is 1.20. The van der Waals surface area contributed by atoms with Crippen molar-refractivity contribution in [3.63, 3.8) is 0 Å². The van der Waals surface area contributed by atoms with Crippen LogP contribution in [0.5, 0.6) is 0 Å². The van der Waals surface area contributed by atoms with Crippen molar-refractivity contribution in [3.05, 3.63) is 108 Å². The molecule has 4 aromatic carbocycles. The van der Waals surface area contributed by atoms with Crippen LogP contribution < -0.4 is 9.80 Å². The van der Waals surface area contributed by atoms with Crippen molar-refractivity contribution in [2.75, 3.05) is 45.0 Å². The lowest BCUT2D eigenvalue weighted by Crippen LogP contribution is -2.10. The molecule has 0 fully saturated rings. The molecule has 1 aliphatic heterocycles. The van der Waals surface area contributed by atoms with Crippen LogP contribution in [0, 0.1) is 0 Å². The van der Waals surface area contributed by atoms with E-state index < -0.39 is 0 Å². The molecule has 0 aromatic heterocycles. The van der Waals surface area contributed by atoms with Gasteiger partial charge in [0.2, 0.25) is 11.4 Å². The first kappa shape index (κ1) is 21.0. The number of benzene rings is 4. The summed E-state index contributed by atoms with van der Waals surface area (Å²) >= 11 is 0. The second-order valence-corrected chi connectivity index (χ2v) is 9.07. The van der Waals surface area contributed by atoms with Crippen LogP contribution in [-0.4, -0.2) is 45.5 Å². The molecule has 0 radical (unpaired) electrons. The molecule has 1 aliphatic rings. The minimum atomic E-state index is 1.20. The summed E-state index contributed by atoms with van der Waals surface area (Å²) in [4.78, 5) is 4.27. The fourth-order valence-corrected chi connectivity index (χ4v) is 4.65. The lowest BCUT2D eigenvalue weighted by Gasteiger charge is -2.16. The van der Waals surface area contributed by atoms with E-state index in [4.69, 9.17) is 0 Å². The summed E-state index contributed by atoms with van der Waals surface area (Å²) in [6.07, 6.45) is 2.35. The Bertz CT molecular complexity index is 1330. The minimum Gasteiger partial charge on any atom is -0.378 e. The first-order valence-electron chi connectivity index (χ1n) is 11.3. The van der Waals surface area contributed by atoms with Gasteiger partial charge in [-0.3, -0.25) is 0 Å². The molecule has 0 saturated heterocycles. The van der Waals surface area contributed by atoms with E-state index in [2.05, 4.69) is 141 Å². The Morgan fingerprint density at radius 3 is 1.70 bits per heavy atom. The standard InChI is InChI=1S/C30H30N3/c1-31(2)24-16-12-21(13-17-24)27(22-14-18-25(19-15-22)32(3)4)20-29-26-10-6-8-23-9-7-11-28(30(23)26)33(29)5/h6-20H,1-5H3/q+1. The van der Waals surface area contributed by atoms with Gasteiger partial charge in [0.25, 0.3) is 0 Å². The Kier molecular flexibility index (Phi) is 5.26. The van der Waals surface area contributed by atoms with Crippen molar-refractivity contribution in [3.8, 4) is 0 Å². The van der Waals surface area contributed by atoms with Crippen molar-refractivity contribution in [1.82, 2.24) is 0 Å².